The zero-order valence-electron chi connectivity index (χ0n) is 10.8. The average molecular weight is 254 g/mol. The molecule has 0 atom stereocenters. The van der Waals surface area contributed by atoms with Gasteiger partial charge in [-0.25, -0.2) is 4.98 Å². The molecule has 0 spiro atoms. The van der Waals surface area contributed by atoms with Gasteiger partial charge in [-0.2, -0.15) is 4.39 Å². The van der Waals surface area contributed by atoms with E-state index < -0.39 is 5.95 Å². The summed E-state index contributed by atoms with van der Waals surface area (Å²) in [5, 5.41) is 9.04. The topological polar surface area (TPSA) is 53.4 Å². The first-order valence-corrected chi connectivity index (χ1v) is 6.18. The number of amides is 1. The van der Waals surface area contributed by atoms with Crippen molar-refractivity contribution < 1.29 is 14.3 Å². The summed E-state index contributed by atoms with van der Waals surface area (Å²) in [5.41, 5.74) is 0.0790. The summed E-state index contributed by atoms with van der Waals surface area (Å²) in [6, 6.07) is 4.18. The fourth-order valence-corrected chi connectivity index (χ4v) is 1.96. The lowest BCUT2D eigenvalue weighted by Crippen LogP contribution is -2.42. The summed E-state index contributed by atoms with van der Waals surface area (Å²) in [5.74, 6) is -1.01. The van der Waals surface area contributed by atoms with Crippen LogP contribution < -0.4 is 0 Å². The first-order valence-electron chi connectivity index (χ1n) is 6.18. The predicted molar refractivity (Wildman–Crippen MR) is 66.7 cm³/mol. The van der Waals surface area contributed by atoms with Crippen LogP contribution in [0.15, 0.2) is 18.2 Å². The van der Waals surface area contributed by atoms with Crippen LogP contribution >= 0.6 is 0 Å². The van der Waals surface area contributed by atoms with Gasteiger partial charge in [0, 0.05) is 12.6 Å². The molecule has 1 rings (SSSR count). The highest BCUT2D eigenvalue weighted by Gasteiger charge is 2.22. The average Bonchev–Trinajstić information content (AvgIpc) is 2.38. The smallest absolute Gasteiger partial charge is 0.272 e. The van der Waals surface area contributed by atoms with E-state index in [2.05, 4.69) is 4.98 Å². The number of nitrogens with zero attached hydrogens (tertiary/aromatic N) is 2. The molecule has 0 bridgehead atoms. The van der Waals surface area contributed by atoms with Crippen LogP contribution in [0.25, 0.3) is 0 Å². The third kappa shape index (κ3) is 3.50. The van der Waals surface area contributed by atoms with Crippen LogP contribution in [-0.4, -0.2) is 40.1 Å². The van der Waals surface area contributed by atoms with Gasteiger partial charge in [0.15, 0.2) is 0 Å². The number of rotatable bonds is 6. The minimum atomic E-state index is -0.672. The minimum Gasteiger partial charge on any atom is -0.395 e. The molecule has 100 valence electrons. The Kier molecular flexibility index (Phi) is 5.71. The van der Waals surface area contributed by atoms with E-state index in [1.54, 1.807) is 4.90 Å². The number of hydrogen-bond acceptors (Lipinski definition) is 3. The Morgan fingerprint density at radius 2 is 2.11 bits per heavy atom. The summed E-state index contributed by atoms with van der Waals surface area (Å²) < 4.78 is 13.0. The van der Waals surface area contributed by atoms with Crippen molar-refractivity contribution >= 4 is 5.91 Å². The predicted octanol–water partition coefficient (Wildman–Crippen LogP) is 1.84. The monoisotopic (exact) mass is 254 g/mol. The van der Waals surface area contributed by atoms with Crippen molar-refractivity contribution in [1.29, 1.82) is 0 Å². The molecule has 1 heterocycles. The summed E-state index contributed by atoms with van der Waals surface area (Å²) in [6.07, 6.45) is 1.58. The van der Waals surface area contributed by atoms with Crippen LogP contribution in [0.3, 0.4) is 0 Å². The fourth-order valence-electron chi connectivity index (χ4n) is 1.96. The highest BCUT2D eigenvalue weighted by Crippen LogP contribution is 2.12. The second kappa shape index (κ2) is 7.06. The molecule has 0 saturated heterocycles. The van der Waals surface area contributed by atoms with E-state index in [1.807, 2.05) is 13.8 Å². The molecule has 0 aromatic carbocycles. The minimum absolute atomic E-state index is 0.0368. The first-order chi connectivity index (χ1) is 8.63. The van der Waals surface area contributed by atoms with Gasteiger partial charge >= 0.3 is 0 Å². The molecule has 0 unspecified atom stereocenters. The van der Waals surface area contributed by atoms with Crippen molar-refractivity contribution in [3.63, 3.8) is 0 Å². The summed E-state index contributed by atoms with van der Waals surface area (Å²) in [7, 11) is 0. The van der Waals surface area contributed by atoms with E-state index in [1.165, 1.54) is 18.2 Å². The fraction of sp³-hybridized carbons (Fsp3) is 0.538. The third-order valence-corrected chi connectivity index (χ3v) is 2.92. The van der Waals surface area contributed by atoms with Gasteiger partial charge in [-0.05, 0) is 25.0 Å². The molecule has 1 aromatic heterocycles. The molecular formula is C13H19FN2O2. The molecule has 1 amide bonds. The van der Waals surface area contributed by atoms with E-state index >= 15 is 0 Å². The lowest BCUT2D eigenvalue weighted by Gasteiger charge is -2.29. The van der Waals surface area contributed by atoms with Crippen molar-refractivity contribution in [3.05, 3.63) is 29.8 Å². The van der Waals surface area contributed by atoms with Crippen LogP contribution in [0, 0.1) is 5.95 Å². The van der Waals surface area contributed by atoms with Crippen LogP contribution in [0.4, 0.5) is 4.39 Å². The molecule has 0 radical (unpaired) electrons. The molecule has 0 aliphatic rings. The van der Waals surface area contributed by atoms with Gasteiger partial charge in [0.2, 0.25) is 5.95 Å². The maximum absolute atomic E-state index is 13.0. The van der Waals surface area contributed by atoms with Crippen molar-refractivity contribution in [1.82, 2.24) is 9.88 Å². The number of hydrogen-bond donors (Lipinski definition) is 1. The molecule has 0 fully saturated rings. The van der Waals surface area contributed by atoms with Gasteiger partial charge < -0.3 is 10.0 Å². The lowest BCUT2D eigenvalue weighted by atomic mass is 10.1. The highest BCUT2D eigenvalue weighted by atomic mass is 19.1. The highest BCUT2D eigenvalue weighted by molar-refractivity contribution is 5.92. The first kappa shape index (κ1) is 14.6. The standard InChI is InChI=1S/C13H19FN2O2/c1-3-10(4-2)16(8-9-17)13(18)11-6-5-7-12(14)15-11/h5-7,10,17H,3-4,8-9H2,1-2H3. The van der Waals surface area contributed by atoms with E-state index in [9.17, 15) is 9.18 Å². The number of carbonyl (C=O) groups is 1. The SMILES string of the molecule is CCC(CC)N(CCO)C(=O)c1cccc(F)n1. The Hall–Kier alpha value is -1.49. The summed E-state index contributed by atoms with van der Waals surface area (Å²) in [4.78, 5) is 17.4. The number of aliphatic hydroxyl groups excluding tert-OH is 1. The molecule has 4 nitrogen and oxygen atoms in total. The van der Waals surface area contributed by atoms with Gasteiger partial charge in [0.05, 0.1) is 6.61 Å². The van der Waals surface area contributed by atoms with Crippen LogP contribution in [0.5, 0.6) is 0 Å². The van der Waals surface area contributed by atoms with Crippen molar-refractivity contribution in [2.24, 2.45) is 0 Å². The van der Waals surface area contributed by atoms with Crippen LogP contribution in [0.1, 0.15) is 37.2 Å². The molecular weight excluding hydrogens is 235 g/mol. The maximum Gasteiger partial charge on any atom is 0.272 e. The normalized spacial score (nSPS) is 10.7. The van der Waals surface area contributed by atoms with Crippen LogP contribution in [-0.2, 0) is 0 Å². The third-order valence-electron chi connectivity index (χ3n) is 2.92. The molecule has 0 saturated carbocycles. The quantitative estimate of drug-likeness (QED) is 0.788. The Labute approximate surface area is 106 Å². The Bertz CT molecular complexity index is 394. The number of halogens is 1. The number of aliphatic hydroxyl groups is 1. The summed E-state index contributed by atoms with van der Waals surface area (Å²) in [6.45, 7) is 4.08. The van der Waals surface area contributed by atoms with E-state index in [4.69, 9.17) is 5.11 Å². The van der Waals surface area contributed by atoms with E-state index in [0.717, 1.165) is 12.8 Å². The van der Waals surface area contributed by atoms with Gasteiger partial charge in [-0.3, -0.25) is 4.79 Å². The molecule has 1 aromatic rings. The Morgan fingerprint density at radius 3 is 2.61 bits per heavy atom. The second-order valence-corrected chi connectivity index (χ2v) is 4.04. The van der Waals surface area contributed by atoms with Crippen LogP contribution in [0.2, 0.25) is 0 Å². The Balaban J connectivity index is 2.95. The maximum atomic E-state index is 13.0. The van der Waals surface area contributed by atoms with Gasteiger partial charge in [-0.1, -0.05) is 19.9 Å². The van der Waals surface area contributed by atoms with Gasteiger partial charge in [0.1, 0.15) is 5.69 Å². The zero-order chi connectivity index (χ0) is 13.5. The van der Waals surface area contributed by atoms with Crippen molar-refractivity contribution in [2.45, 2.75) is 32.7 Å². The van der Waals surface area contributed by atoms with Crippen molar-refractivity contribution in [3.8, 4) is 0 Å². The number of aromatic nitrogens is 1. The molecule has 1 N–H and O–H groups in total. The molecule has 18 heavy (non-hydrogen) atoms. The molecule has 5 heteroatoms. The number of carbonyl (C=O) groups excluding carboxylic acids is 1. The number of pyridine rings is 1. The molecule has 0 aliphatic heterocycles. The van der Waals surface area contributed by atoms with E-state index in [-0.39, 0.29) is 30.8 Å². The summed E-state index contributed by atoms with van der Waals surface area (Å²) >= 11 is 0. The zero-order valence-corrected chi connectivity index (χ0v) is 10.8. The second-order valence-electron chi connectivity index (χ2n) is 4.04. The molecule has 0 aliphatic carbocycles. The van der Waals surface area contributed by atoms with Gasteiger partial charge in [-0.15, -0.1) is 0 Å². The van der Waals surface area contributed by atoms with E-state index in [0.29, 0.717) is 0 Å². The van der Waals surface area contributed by atoms with Crippen molar-refractivity contribution in [2.75, 3.05) is 13.2 Å². The largest absolute Gasteiger partial charge is 0.395 e. The van der Waals surface area contributed by atoms with Gasteiger partial charge in [0.25, 0.3) is 5.91 Å². The Morgan fingerprint density at radius 1 is 1.44 bits per heavy atom. The lowest BCUT2D eigenvalue weighted by molar-refractivity contribution is 0.0615.